The van der Waals surface area contributed by atoms with Crippen molar-refractivity contribution in [2.75, 3.05) is 46.3 Å². The first kappa shape index (κ1) is 18.8. The third-order valence-electron chi connectivity index (χ3n) is 6.05. The Hall–Kier alpha value is -0.500. The Labute approximate surface area is 139 Å². The quantitative estimate of drug-likeness (QED) is 0.629. The Kier molecular flexibility index (Phi) is 5.55. The highest BCUT2D eigenvalue weighted by Gasteiger charge is 2.65. The highest BCUT2D eigenvalue weighted by Crippen LogP contribution is 2.64. The normalized spacial score (nSPS) is 29.6. The minimum atomic E-state index is -3.55. The third-order valence-corrected chi connectivity index (χ3v) is 8.06. The van der Waals surface area contributed by atoms with Gasteiger partial charge in [-0.15, -0.1) is 0 Å². The zero-order valence-corrected chi connectivity index (χ0v) is 15.4. The average molecular weight is 347 g/mol. The fraction of sp³-hybridized carbons (Fsp3) is 0.938. The van der Waals surface area contributed by atoms with Crippen LogP contribution in [-0.4, -0.2) is 64.8 Å². The average Bonchev–Trinajstić information content (AvgIpc) is 2.80. The van der Waals surface area contributed by atoms with E-state index in [2.05, 4.69) is 13.8 Å². The largest absolute Gasteiger partial charge is 0.383 e. The number of hydrogen-bond donors (Lipinski definition) is 0. The van der Waals surface area contributed by atoms with Crippen LogP contribution in [0.3, 0.4) is 0 Å². The first-order chi connectivity index (χ1) is 10.7. The molecule has 2 aliphatic carbocycles. The Morgan fingerprint density at radius 3 is 2.13 bits per heavy atom. The smallest absolute Gasteiger partial charge is 0.215 e. The maximum Gasteiger partial charge on any atom is 0.215 e. The predicted octanol–water partition coefficient (Wildman–Crippen LogP) is 1.31. The number of carbonyl (C=O) groups is 1. The van der Waals surface area contributed by atoms with E-state index in [1.807, 2.05) is 0 Å². The molecule has 6 nitrogen and oxygen atoms in total. The minimum absolute atomic E-state index is 0.0875. The van der Waals surface area contributed by atoms with E-state index >= 15 is 0 Å². The molecule has 23 heavy (non-hydrogen) atoms. The molecule has 2 rings (SSSR count). The molecular weight excluding hydrogens is 318 g/mol. The van der Waals surface area contributed by atoms with E-state index in [1.165, 1.54) is 4.31 Å². The first-order valence-electron chi connectivity index (χ1n) is 8.20. The summed E-state index contributed by atoms with van der Waals surface area (Å²) < 4.78 is 37.4. The molecule has 0 aliphatic heterocycles. The van der Waals surface area contributed by atoms with Crippen LogP contribution >= 0.6 is 0 Å². The summed E-state index contributed by atoms with van der Waals surface area (Å²) in [5, 5.41) is 0. The molecule has 0 saturated heterocycles. The van der Waals surface area contributed by atoms with Crippen LogP contribution in [0.5, 0.6) is 0 Å². The molecule has 2 saturated carbocycles. The van der Waals surface area contributed by atoms with Gasteiger partial charge in [0.15, 0.2) is 0 Å². The van der Waals surface area contributed by atoms with Gasteiger partial charge in [0.1, 0.15) is 5.78 Å². The van der Waals surface area contributed by atoms with Crippen molar-refractivity contribution >= 4 is 15.8 Å². The number of carbonyl (C=O) groups excluding carboxylic acids is 1. The molecule has 0 heterocycles. The zero-order chi connectivity index (χ0) is 17.3. The summed E-state index contributed by atoms with van der Waals surface area (Å²) in [6.45, 7) is 5.35. The van der Waals surface area contributed by atoms with Gasteiger partial charge in [-0.25, -0.2) is 8.42 Å². The Balaban J connectivity index is 2.22. The Morgan fingerprint density at radius 2 is 1.74 bits per heavy atom. The van der Waals surface area contributed by atoms with Crippen molar-refractivity contribution in [2.45, 2.75) is 33.1 Å². The second-order valence-electron chi connectivity index (χ2n) is 7.31. The molecule has 0 aromatic rings. The lowest BCUT2D eigenvalue weighted by atomic mass is 9.70. The number of rotatable bonds is 9. The molecular formula is C16H29NO5S. The van der Waals surface area contributed by atoms with Gasteiger partial charge in [0, 0.05) is 39.1 Å². The number of Topliss-reactive ketones (excluding diaryl/α,β-unsaturated/α-hetero) is 1. The van der Waals surface area contributed by atoms with Crippen LogP contribution in [0.15, 0.2) is 0 Å². The van der Waals surface area contributed by atoms with E-state index in [0.717, 1.165) is 6.42 Å². The molecule has 0 amide bonds. The Morgan fingerprint density at radius 1 is 1.17 bits per heavy atom. The van der Waals surface area contributed by atoms with Crippen molar-refractivity contribution in [1.82, 2.24) is 4.31 Å². The molecule has 2 fully saturated rings. The highest BCUT2D eigenvalue weighted by atomic mass is 32.2. The van der Waals surface area contributed by atoms with Gasteiger partial charge in [-0.05, 0) is 24.2 Å². The summed E-state index contributed by atoms with van der Waals surface area (Å²) in [6.07, 6.45) is 2.16. The number of ether oxygens (including phenoxy) is 2. The van der Waals surface area contributed by atoms with Crippen molar-refractivity contribution in [3.05, 3.63) is 0 Å². The second kappa shape index (κ2) is 6.78. The van der Waals surface area contributed by atoms with Gasteiger partial charge in [0.25, 0.3) is 0 Å². The van der Waals surface area contributed by atoms with Gasteiger partial charge in [-0.3, -0.25) is 4.79 Å². The van der Waals surface area contributed by atoms with Crippen LogP contribution in [-0.2, 0) is 24.3 Å². The van der Waals surface area contributed by atoms with Crippen molar-refractivity contribution < 1.29 is 22.7 Å². The summed E-state index contributed by atoms with van der Waals surface area (Å²) in [5.74, 6) is 0.354. The molecule has 0 aromatic heterocycles. The van der Waals surface area contributed by atoms with E-state index in [9.17, 15) is 13.2 Å². The fourth-order valence-electron chi connectivity index (χ4n) is 4.29. The molecule has 2 atom stereocenters. The van der Waals surface area contributed by atoms with Gasteiger partial charge in [-0.2, -0.15) is 4.31 Å². The second-order valence-corrected chi connectivity index (χ2v) is 9.28. The zero-order valence-electron chi connectivity index (χ0n) is 14.6. The molecule has 0 radical (unpaired) electrons. The van der Waals surface area contributed by atoms with Crippen molar-refractivity contribution in [2.24, 2.45) is 16.7 Å². The topological polar surface area (TPSA) is 72.9 Å². The molecule has 2 aliphatic rings. The Bertz CT molecular complexity index is 537. The van der Waals surface area contributed by atoms with Crippen LogP contribution in [0.4, 0.5) is 0 Å². The first-order valence-corrected chi connectivity index (χ1v) is 9.81. The standard InChI is InChI=1S/C16H29NO5S/c1-15(2)13-5-6-16(15,14(18)11-13)12-23(19,20)17(7-9-21-3)8-10-22-4/h13H,5-12H2,1-4H3/t13-,16-/m1/s1. The molecule has 0 N–H and O–H groups in total. The van der Waals surface area contributed by atoms with Gasteiger partial charge in [0.05, 0.1) is 19.0 Å². The lowest BCUT2D eigenvalue weighted by Crippen LogP contribution is -2.47. The molecule has 0 aromatic carbocycles. The van der Waals surface area contributed by atoms with E-state index in [0.29, 0.717) is 32.0 Å². The van der Waals surface area contributed by atoms with Gasteiger partial charge in [0.2, 0.25) is 10.0 Å². The summed E-state index contributed by atoms with van der Waals surface area (Å²) in [7, 11) is -0.452. The summed E-state index contributed by atoms with van der Waals surface area (Å²) in [5.41, 5.74) is -0.972. The van der Waals surface area contributed by atoms with E-state index < -0.39 is 15.4 Å². The molecule has 0 unspecified atom stereocenters. The fourth-order valence-corrected chi connectivity index (χ4v) is 6.48. The van der Waals surface area contributed by atoms with Gasteiger partial charge < -0.3 is 9.47 Å². The van der Waals surface area contributed by atoms with Gasteiger partial charge in [-0.1, -0.05) is 13.8 Å². The van der Waals surface area contributed by atoms with Crippen molar-refractivity contribution in [1.29, 1.82) is 0 Å². The molecule has 7 heteroatoms. The number of fused-ring (bicyclic) bond motifs is 2. The van der Waals surface area contributed by atoms with Gasteiger partial charge >= 0.3 is 0 Å². The van der Waals surface area contributed by atoms with E-state index in [1.54, 1.807) is 14.2 Å². The van der Waals surface area contributed by atoms with Crippen LogP contribution in [0.1, 0.15) is 33.1 Å². The van der Waals surface area contributed by atoms with Crippen LogP contribution in [0.2, 0.25) is 0 Å². The third kappa shape index (κ3) is 3.21. The SMILES string of the molecule is COCCN(CCOC)S(=O)(=O)C[C@]12CC[C@H](CC1=O)C2(C)C. The predicted molar refractivity (Wildman–Crippen MR) is 87.7 cm³/mol. The number of nitrogens with zero attached hydrogens (tertiary/aromatic N) is 1. The maximum absolute atomic E-state index is 13.0. The lowest BCUT2D eigenvalue weighted by Gasteiger charge is -2.37. The van der Waals surface area contributed by atoms with Crippen LogP contribution < -0.4 is 0 Å². The number of methoxy groups -OCH3 is 2. The summed E-state index contributed by atoms with van der Waals surface area (Å²) in [4.78, 5) is 12.6. The summed E-state index contributed by atoms with van der Waals surface area (Å²) >= 11 is 0. The monoisotopic (exact) mass is 347 g/mol. The van der Waals surface area contributed by atoms with Crippen LogP contribution in [0, 0.1) is 16.7 Å². The maximum atomic E-state index is 13.0. The highest BCUT2D eigenvalue weighted by molar-refractivity contribution is 7.89. The van der Waals surface area contributed by atoms with Crippen molar-refractivity contribution in [3.8, 4) is 0 Å². The van der Waals surface area contributed by atoms with E-state index in [4.69, 9.17) is 9.47 Å². The van der Waals surface area contributed by atoms with Crippen molar-refractivity contribution in [3.63, 3.8) is 0 Å². The number of ketones is 1. The molecule has 0 spiro atoms. The number of hydrogen-bond acceptors (Lipinski definition) is 5. The lowest BCUT2D eigenvalue weighted by molar-refractivity contribution is -0.128. The molecule has 134 valence electrons. The molecule has 2 bridgehead atoms. The minimum Gasteiger partial charge on any atom is -0.383 e. The van der Waals surface area contributed by atoms with E-state index in [-0.39, 0.29) is 30.0 Å². The number of sulfonamides is 1. The summed E-state index contributed by atoms with van der Waals surface area (Å²) in [6, 6.07) is 0. The van der Waals surface area contributed by atoms with Crippen LogP contribution in [0.25, 0.3) is 0 Å².